The zero-order valence-corrected chi connectivity index (χ0v) is 13.0. The van der Waals surface area contributed by atoms with Crippen molar-refractivity contribution in [3.63, 3.8) is 0 Å². The lowest BCUT2D eigenvalue weighted by atomic mass is 10.2. The predicted octanol–water partition coefficient (Wildman–Crippen LogP) is 1.84. The zero-order chi connectivity index (χ0) is 16.9. The summed E-state index contributed by atoms with van der Waals surface area (Å²) in [6.45, 7) is 1.50. The van der Waals surface area contributed by atoms with Gasteiger partial charge in [0.2, 0.25) is 5.91 Å². The van der Waals surface area contributed by atoms with Gasteiger partial charge in [-0.05, 0) is 25.1 Å². The number of carbonyl (C=O) groups is 3. The second-order valence-electron chi connectivity index (χ2n) is 4.49. The highest BCUT2D eigenvalue weighted by molar-refractivity contribution is 6.42. The lowest BCUT2D eigenvalue weighted by Crippen LogP contribution is -2.47. The Morgan fingerprint density at radius 3 is 2.32 bits per heavy atom. The molecule has 7 nitrogen and oxygen atoms in total. The average Bonchev–Trinajstić information content (AvgIpc) is 2.41. The molecular formula is C13H14Cl2N2O5. The normalized spacial score (nSPS) is 13.0. The number of hydrogen-bond acceptors (Lipinski definition) is 4. The molecule has 0 heterocycles. The number of rotatable bonds is 7. The molecule has 0 radical (unpaired) electrons. The van der Waals surface area contributed by atoms with Gasteiger partial charge in [0, 0.05) is 5.69 Å². The van der Waals surface area contributed by atoms with Gasteiger partial charge in [0.05, 0.1) is 16.5 Å². The molecule has 0 aromatic heterocycles. The maximum atomic E-state index is 11.9. The van der Waals surface area contributed by atoms with E-state index in [0.717, 1.165) is 0 Å². The van der Waals surface area contributed by atoms with Crippen LogP contribution in [0.5, 0.6) is 0 Å². The Morgan fingerprint density at radius 2 is 1.82 bits per heavy atom. The van der Waals surface area contributed by atoms with Gasteiger partial charge in [-0.3, -0.25) is 9.59 Å². The van der Waals surface area contributed by atoms with Crippen LogP contribution < -0.4 is 10.6 Å². The molecule has 2 atom stereocenters. The highest BCUT2D eigenvalue weighted by Gasteiger charge is 2.25. The number of carbonyl (C=O) groups excluding carboxylic acids is 1. The van der Waals surface area contributed by atoms with Gasteiger partial charge < -0.3 is 20.8 Å². The molecule has 0 aliphatic carbocycles. The number of benzene rings is 1. The molecule has 0 spiro atoms. The summed E-state index contributed by atoms with van der Waals surface area (Å²) < 4.78 is 0. The molecular weight excluding hydrogens is 335 g/mol. The molecule has 9 heteroatoms. The number of amides is 1. The molecule has 0 saturated carbocycles. The molecule has 4 N–H and O–H groups in total. The van der Waals surface area contributed by atoms with Gasteiger partial charge >= 0.3 is 11.9 Å². The van der Waals surface area contributed by atoms with E-state index in [1.165, 1.54) is 13.0 Å². The maximum Gasteiger partial charge on any atom is 0.326 e. The second kappa shape index (κ2) is 7.86. The molecule has 22 heavy (non-hydrogen) atoms. The number of carboxylic acid groups (broad SMARTS) is 2. The van der Waals surface area contributed by atoms with Gasteiger partial charge in [0.15, 0.2) is 0 Å². The first-order valence-electron chi connectivity index (χ1n) is 6.17. The third-order valence-corrected chi connectivity index (χ3v) is 3.43. The number of anilines is 1. The van der Waals surface area contributed by atoms with Gasteiger partial charge in [-0.2, -0.15) is 0 Å². The smallest absolute Gasteiger partial charge is 0.326 e. The summed E-state index contributed by atoms with van der Waals surface area (Å²) in [6.07, 6.45) is -0.708. The Kier molecular flexibility index (Phi) is 6.45. The van der Waals surface area contributed by atoms with E-state index >= 15 is 0 Å². The van der Waals surface area contributed by atoms with Crippen LogP contribution in [0, 0.1) is 0 Å². The quantitative estimate of drug-likeness (QED) is 0.597. The molecule has 0 bridgehead atoms. The van der Waals surface area contributed by atoms with E-state index in [1.54, 1.807) is 12.1 Å². The van der Waals surface area contributed by atoms with E-state index in [0.29, 0.717) is 15.7 Å². The lowest BCUT2D eigenvalue weighted by molar-refractivity contribution is -0.147. The van der Waals surface area contributed by atoms with Gasteiger partial charge in [0.1, 0.15) is 12.1 Å². The summed E-state index contributed by atoms with van der Waals surface area (Å²) in [4.78, 5) is 33.4. The zero-order valence-electron chi connectivity index (χ0n) is 11.5. The van der Waals surface area contributed by atoms with Crippen LogP contribution in [0.25, 0.3) is 0 Å². The van der Waals surface area contributed by atoms with Crippen LogP contribution in [-0.4, -0.2) is 40.1 Å². The predicted molar refractivity (Wildman–Crippen MR) is 81.4 cm³/mol. The molecule has 0 unspecified atom stereocenters. The van der Waals surface area contributed by atoms with Crippen LogP contribution >= 0.6 is 23.2 Å². The van der Waals surface area contributed by atoms with Crippen molar-refractivity contribution in [1.29, 1.82) is 0 Å². The molecule has 0 saturated heterocycles. The number of aliphatic carboxylic acids is 2. The lowest BCUT2D eigenvalue weighted by Gasteiger charge is -2.18. The van der Waals surface area contributed by atoms with Gasteiger partial charge in [0.25, 0.3) is 0 Å². The monoisotopic (exact) mass is 348 g/mol. The second-order valence-corrected chi connectivity index (χ2v) is 5.31. The van der Waals surface area contributed by atoms with Crippen LogP contribution in [0.1, 0.15) is 13.3 Å². The fourth-order valence-corrected chi connectivity index (χ4v) is 1.87. The molecule has 120 valence electrons. The van der Waals surface area contributed by atoms with Gasteiger partial charge in [-0.1, -0.05) is 23.2 Å². The highest BCUT2D eigenvalue weighted by Crippen LogP contribution is 2.25. The van der Waals surface area contributed by atoms with Crippen molar-refractivity contribution in [2.75, 3.05) is 5.32 Å². The Bertz CT molecular complexity index is 594. The van der Waals surface area contributed by atoms with E-state index in [1.807, 2.05) is 0 Å². The minimum atomic E-state index is -1.50. The largest absolute Gasteiger partial charge is 0.481 e. The van der Waals surface area contributed by atoms with Crippen LogP contribution in [0.2, 0.25) is 10.0 Å². The molecule has 1 rings (SSSR count). The van der Waals surface area contributed by atoms with Crippen LogP contribution in [0.4, 0.5) is 5.69 Å². The van der Waals surface area contributed by atoms with Crippen molar-refractivity contribution in [3.8, 4) is 0 Å². The molecule has 1 aromatic rings. The van der Waals surface area contributed by atoms with E-state index in [-0.39, 0.29) is 0 Å². The summed E-state index contributed by atoms with van der Waals surface area (Å²) in [5.41, 5.74) is 0.516. The highest BCUT2D eigenvalue weighted by atomic mass is 35.5. The van der Waals surface area contributed by atoms with Crippen molar-refractivity contribution in [2.24, 2.45) is 0 Å². The fourth-order valence-electron chi connectivity index (χ4n) is 1.57. The van der Waals surface area contributed by atoms with Crippen molar-refractivity contribution in [1.82, 2.24) is 5.32 Å². The number of halogens is 2. The maximum absolute atomic E-state index is 11.9. The summed E-state index contributed by atoms with van der Waals surface area (Å²) in [5, 5.41) is 23.1. The minimum Gasteiger partial charge on any atom is -0.481 e. The van der Waals surface area contributed by atoms with Gasteiger partial charge in [-0.25, -0.2) is 4.79 Å². The summed E-state index contributed by atoms with van der Waals surface area (Å²) >= 11 is 11.6. The number of nitrogens with one attached hydrogen (secondary N) is 2. The van der Waals surface area contributed by atoms with Crippen molar-refractivity contribution in [3.05, 3.63) is 28.2 Å². The van der Waals surface area contributed by atoms with Crippen LogP contribution in [0.15, 0.2) is 18.2 Å². The van der Waals surface area contributed by atoms with E-state index in [2.05, 4.69) is 10.6 Å². The Morgan fingerprint density at radius 1 is 1.18 bits per heavy atom. The third kappa shape index (κ3) is 5.42. The SMILES string of the molecule is C[C@@H](Nc1ccc(Cl)c(Cl)c1)C(=O)N[C@@H](CC(=O)O)C(=O)O. The van der Waals surface area contributed by atoms with E-state index < -0.39 is 36.4 Å². The first-order valence-corrected chi connectivity index (χ1v) is 6.93. The molecule has 1 amide bonds. The average molecular weight is 349 g/mol. The Hall–Kier alpha value is -1.99. The van der Waals surface area contributed by atoms with Crippen molar-refractivity contribution >= 4 is 46.7 Å². The van der Waals surface area contributed by atoms with E-state index in [9.17, 15) is 14.4 Å². The standard InChI is InChI=1S/C13H14Cl2N2O5/c1-6(16-7-2-3-8(14)9(15)4-7)12(20)17-10(13(21)22)5-11(18)19/h2-4,6,10,16H,5H2,1H3,(H,17,20)(H,18,19)(H,21,22)/t6-,10+/m1/s1. The Labute approximate surface area is 136 Å². The third-order valence-electron chi connectivity index (χ3n) is 2.69. The fraction of sp³-hybridized carbons (Fsp3) is 0.308. The summed E-state index contributed by atoms with van der Waals surface area (Å²) in [6, 6.07) is 2.36. The minimum absolute atomic E-state index is 0.300. The first kappa shape index (κ1) is 18.1. The topological polar surface area (TPSA) is 116 Å². The summed E-state index contributed by atoms with van der Waals surface area (Å²) in [5.74, 6) is -3.39. The van der Waals surface area contributed by atoms with Crippen LogP contribution in [-0.2, 0) is 14.4 Å². The molecule has 0 aliphatic rings. The molecule has 0 fully saturated rings. The Balaban J connectivity index is 2.69. The first-order chi connectivity index (χ1) is 10.2. The number of hydrogen-bond donors (Lipinski definition) is 4. The van der Waals surface area contributed by atoms with E-state index in [4.69, 9.17) is 33.4 Å². The molecule has 1 aromatic carbocycles. The number of carboxylic acids is 2. The van der Waals surface area contributed by atoms with Crippen LogP contribution in [0.3, 0.4) is 0 Å². The van der Waals surface area contributed by atoms with Gasteiger partial charge in [-0.15, -0.1) is 0 Å². The molecule has 0 aliphatic heterocycles. The summed E-state index contributed by atoms with van der Waals surface area (Å²) in [7, 11) is 0. The van der Waals surface area contributed by atoms with Crippen molar-refractivity contribution in [2.45, 2.75) is 25.4 Å². The van der Waals surface area contributed by atoms with Crippen molar-refractivity contribution < 1.29 is 24.6 Å².